The first-order valence-electron chi connectivity index (χ1n) is 9.70. The Kier molecular flexibility index (Phi) is 9.32. The van der Waals surface area contributed by atoms with Gasteiger partial charge in [-0.15, -0.1) is 36.2 Å². The zero-order chi connectivity index (χ0) is 17.1. The number of hydrogen-bond acceptors (Lipinski definition) is 5. The number of carbonyl (C=O) groups is 1. The van der Waals surface area contributed by atoms with Crippen molar-refractivity contribution < 1.29 is 9.53 Å². The van der Waals surface area contributed by atoms with Gasteiger partial charge in [0.05, 0.1) is 25.3 Å². The smallest absolute Gasteiger partial charge is 0.237 e. The van der Waals surface area contributed by atoms with Gasteiger partial charge in [0.2, 0.25) is 5.91 Å². The van der Waals surface area contributed by atoms with Gasteiger partial charge >= 0.3 is 0 Å². The third kappa shape index (κ3) is 5.58. The number of amides is 1. The number of hydrogen-bond donors (Lipinski definition) is 2. The highest BCUT2D eigenvalue weighted by atomic mass is 35.5. The molecule has 5 nitrogen and oxygen atoms in total. The van der Waals surface area contributed by atoms with Crippen LogP contribution in [0, 0.1) is 5.92 Å². The third-order valence-electron chi connectivity index (χ3n) is 6.01. The van der Waals surface area contributed by atoms with Crippen LogP contribution < -0.4 is 10.6 Å². The Balaban J connectivity index is 0.00000131. The maximum atomic E-state index is 12.7. The Labute approximate surface area is 178 Å². The lowest BCUT2D eigenvalue weighted by Gasteiger charge is -2.34. The number of rotatable bonds is 5. The van der Waals surface area contributed by atoms with Gasteiger partial charge in [0, 0.05) is 30.6 Å². The van der Waals surface area contributed by atoms with Crippen LogP contribution in [0.25, 0.3) is 0 Å². The second-order valence-electron chi connectivity index (χ2n) is 7.53. The number of fused-ring (bicyclic) bond motifs is 1. The van der Waals surface area contributed by atoms with Gasteiger partial charge < -0.3 is 15.4 Å². The normalized spacial score (nSPS) is 29.1. The lowest BCUT2D eigenvalue weighted by molar-refractivity contribution is -0.123. The third-order valence-corrected chi connectivity index (χ3v) is 6.98. The van der Waals surface area contributed by atoms with Crippen molar-refractivity contribution in [1.82, 2.24) is 15.5 Å². The lowest BCUT2D eigenvalue weighted by atomic mass is 9.85. The van der Waals surface area contributed by atoms with E-state index in [2.05, 4.69) is 33.0 Å². The molecule has 4 atom stereocenters. The minimum atomic E-state index is 0. The molecule has 8 heteroatoms. The van der Waals surface area contributed by atoms with Gasteiger partial charge in [0.1, 0.15) is 0 Å². The van der Waals surface area contributed by atoms with Crippen molar-refractivity contribution in [3.8, 4) is 0 Å². The van der Waals surface area contributed by atoms with Crippen molar-refractivity contribution in [2.45, 2.75) is 50.2 Å². The molecule has 2 aliphatic heterocycles. The summed E-state index contributed by atoms with van der Waals surface area (Å²) in [6, 6.07) is 5.10. The molecule has 1 aliphatic carbocycles. The first-order valence-corrected chi connectivity index (χ1v) is 10.6. The highest BCUT2D eigenvalue weighted by molar-refractivity contribution is 7.10. The van der Waals surface area contributed by atoms with Crippen LogP contribution in [0.15, 0.2) is 17.5 Å². The van der Waals surface area contributed by atoms with Crippen molar-refractivity contribution in [2.24, 2.45) is 5.92 Å². The van der Waals surface area contributed by atoms with Crippen LogP contribution >= 0.6 is 36.2 Å². The van der Waals surface area contributed by atoms with Crippen LogP contribution in [0.4, 0.5) is 0 Å². The van der Waals surface area contributed by atoms with E-state index >= 15 is 0 Å². The fourth-order valence-electron chi connectivity index (χ4n) is 4.62. The van der Waals surface area contributed by atoms with E-state index in [1.165, 1.54) is 30.6 Å². The molecule has 3 aliphatic rings. The Bertz CT molecular complexity index is 555. The lowest BCUT2D eigenvalue weighted by Crippen LogP contribution is -2.47. The molecular formula is C19H31Cl2N3O2S. The van der Waals surface area contributed by atoms with E-state index in [4.69, 9.17) is 4.74 Å². The molecule has 0 radical (unpaired) electrons. The zero-order valence-corrected chi connectivity index (χ0v) is 18.1. The molecule has 4 rings (SSSR count). The summed E-state index contributed by atoms with van der Waals surface area (Å²) in [6.07, 6.45) is 6.17. The Morgan fingerprint density at radius 1 is 1.30 bits per heavy atom. The molecule has 2 saturated heterocycles. The average molecular weight is 436 g/mol. The van der Waals surface area contributed by atoms with Crippen LogP contribution in [0.2, 0.25) is 0 Å². The van der Waals surface area contributed by atoms with Gasteiger partial charge in [0.25, 0.3) is 0 Å². The molecule has 2 N–H and O–H groups in total. The molecule has 3 fully saturated rings. The van der Waals surface area contributed by atoms with E-state index in [1.54, 1.807) is 11.3 Å². The van der Waals surface area contributed by atoms with Gasteiger partial charge in [-0.25, -0.2) is 0 Å². The monoisotopic (exact) mass is 435 g/mol. The molecule has 3 heterocycles. The number of halogens is 2. The van der Waals surface area contributed by atoms with Gasteiger partial charge in [0.15, 0.2) is 0 Å². The SMILES string of the molecule is Cl.Cl.O=C(NCC(c1cccs1)N1CCOCC1)C1CC2CCCCC2N1. The summed E-state index contributed by atoms with van der Waals surface area (Å²) in [5.74, 6) is 0.890. The predicted molar refractivity (Wildman–Crippen MR) is 114 cm³/mol. The number of thiophene rings is 1. The number of morpholine rings is 1. The molecule has 0 bridgehead atoms. The van der Waals surface area contributed by atoms with Crippen LogP contribution in [0.3, 0.4) is 0 Å². The summed E-state index contributed by atoms with van der Waals surface area (Å²) in [4.78, 5) is 16.5. The second kappa shape index (κ2) is 11.0. The van der Waals surface area contributed by atoms with E-state index in [1.807, 2.05) is 0 Å². The van der Waals surface area contributed by atoms with Gasteiger partial charge in [-0.3, -0.25) is 9.69 Å². The summed E-state index contributed by atoms with van der Waals surface area (Å²) in [5, 5.41) is 8.95. The quantitative estimate of drug-likeness (QED) is 0.745. The molecule has 1 aromatic heterocycles. The summed E-state index contributed by atoms with van der Waals surface area (Å²) >= 11 is 1.78. The average Bonchev–Trinajstić information content (AvgIpc) is 3.32. The maximum absolute atomic E-state index is 12.7. The van der Waals surface area contributed by atoms with Crippen molar-refractivity contribution in [2.75, 3.05) is 32.8 Å². The van der Waals surface area contributed by atoms with E-state index in [9.17, 15) is 4.79 Å². The summed E-state index contributed by atoms with van der Waals surface area (Å²) in [6.45, 7) is 4.12. The molecule has 154 valence electrons. The minimum absolute atomic E-state index is 0. The minimum Gasteiger partial charge on any atom is -0.379 e. The first-order chi connectivity index (χ1) is 12.3. The first kappa shape index (κ1) is 22.9. The van der Waals surface area contributed by atoms with E-state index in [-0.39, 0.29) is 42.8 Å². The largest absolute Gasteiger partial charge is 0.379 e. The molecule has 4 unspecified atom stereocenters. The second-order valence-corrected chi connectivity index (χ2v) is 8.51. The van der Waals surface area contributed by atoms with Crippen molar-refractivity contribution in [1.29, 1.82) is 0 Å². The molecule has 1 saturated carbocycles. The van der Waals surface area contributed by atoms with Crippen LogP contribution in [0.5, 0.6) is 0 Å². The Hall–Kier alpha value is -0.370. The van der Waals surface area contributed by atoms with Crippen LogP contribution in [-0.4, -0.2) is 55.7 Å². The van der Waals surface area contributed by atoms with Gasteiger partial charge in [-0.05, 0) is 36.6 Å². The number of carbonyl (C=O) groups excluding carboxylic acids is 1. The number of nitrogens with zero attached hydrogens (tertiary/aromatic N) is 1. The highest BCUT2D eigenvalue weighted by Gasteiger charge is 2.38. The van der Waals surface area contributed by atoms with Gasteiger partial charge in [-0.1, -0.05) is 18.9 Å². The van der Waals surface area contributed by atoms with Crippen molar-refractivity contribution >= 4 is 42.1 Å². The Morgan fingerprint density at radius 2 is 2.07 bits per heavy atom. The topological polar surface area (TPSA) is 53.6 Å². The van der Waals surface area contributed by atoms with Crippen molar-refractivity contribution in [3.63, 3.8) is 0 Å². The molecule has 1 aromatic rings. The molecule has 1 amide bonds. The highest BCUT2D eigenvalue weighted by Crippen LogP contribution is 2.33. The molecule has 0 spiro atoms. The maximum Gasteiger partial charge on any atom is 0.237 e. The van der Waals surface area contributed by atoms with Crippen molar-refractivity contribution in [3.05, 3.63) is 22.4 Å². The standard InChI is InChI=1S/C19H29N3O2S.2ClH/c23-19(16-12-14-4-1-2-5-15(14)21-16)20-13-17(18-6-3-11-25-18)22-7-9-24-10-8-22;;/h3,6,11,14-17,21H,1-2,4-5,7-10,12-13H2,(H,20,23);2*1H. The van der Waals surface area contributed by atoms with E-state index < -0.39 is 0 Å². The number of nitrogens with one attached hydrogen (secondary N) is 2. The number of ether oxygens (including phenoxy) is 1. The van der Waals surface area contributed by atoms with Crippen LogP contribution in [0.1, 0.15) is 43.0 Å². The predicted octanol–water partition coefficient (Wildman–Crippen LogP) is 3.00. The summed E-state index contributed by atoms with van der Waals surface area (Å²) < 4.78 is 5.49. The fourth-order valence-corrected chi connectivity index (χ4v) is 5.48. The zero-order valence-electron chi connectivity index (χ0n) is 15.6. The van der Waals surface area contributed by atoms with Gasteiger partial charge in [-0.2, -0.15) is 0 Å². The Morgan fingerprint density at radius 3 is 2.78 bits per heavy atom. The molecule has 27 heavy (non-hydrogen) atoms. The summed E-state index contributed by atoms with van der Waals surface area (Å²) in [5.41, 5.74) is 0. The molecule has 0 aromatic carbocycles. The summed E-state index contributed by atoms with van der Waals surface area (Å²) in [7, 11) is 0. The fraction of sp³-hybridized carbons (Fsp3) is 0.737. The van der Waals surface area contributed by atoms with E-state index in [0.717, 1.165) is 32.7 Å². The molecular weight excluding hydrogens is 405 g/mol. The van der Waals surface area contributed by atoms with E-state index in [0.29, 0.717) is 18.5 Å². The van der Waals surface area contributed by atoms with Crippen LogP contribution in [-0.2, 0) is 9.53 Å².